The summed E-state index contributed by atoms with van der Waals surface area (Å²) in [5.41, 5.74) is 0.521. The molecule has 1 unspecified atom stereocenters. The summed E-state index contributed by atoms with van der Waals surface area (Å²) in [7, 11) is -3.65. The summed E-state index contributed by atoms with van der Waals surface area (Å²) in [6.07, 6.45) is 2.69. The Balaban J connectivity index is 1.84. The molecule has 0 aliphatic carbocycles. The highest BCUT2D eigenvalue weighted by Crippen LogP contribution is 2.25. The van der Waals surface area contributed by atoms with Crippen LogP contribution >= 0.6 is 0 Å². The van der Waals surface area contributed by atoms with E-state index in [1.165, 1.54) is 40.7 Å². The quantitative estimate of drug-likeness (QED) is 0.886. The van der Waals surface area contributed by atoms with Gasteiger partial charge in [0.1, 0.15) is 5.82 Å². The topological polar surface area (TPSA) is 66.5 Å². The number of rotatable bonds is 4. The fourth-order valence-corrected chi connectivity index (χ4v) is 4.88. The number of sulfonamides is 1. The Bertz CT molecular complexity index is 915. The van der Waals surface area contributed by atoms with Crippen LogP contribution < -0.4 is 5.32 Å². The van der Waals surface area contributed by atoms with Crippen LogP contribution in [0.5, 0.6) is 0 Å². The van der Waals surface area contributed by atoms with Crippen molar-refractivity contribution in [1.82, 2.24) is 4.31 Å². The number of piperidine rings is 1. The van der Waals surface area contributed by atoms with Gasteiger partial charge in [-0.2, -0.15) is 4.31 Å². The third-order valence-electron chi connectivity index (χ3n) is 4.53. The smallest absolute Gasteiger partial charge is 0.255 e. The Hall–Kier alpha value is -2.25. The molecule has 26 heavy (non-hydrogen) atoms. The molecular weight excluding hydrogens is 355 g/mol. The van der Waals surface area contributed by atoms with Gasteiger partial charge < -0.3 is 5.32 Å². The number of carbonyl (C=O) groups is 1. The van der Waals surface area contributed by atoms with Crippen molar-refractivity contribution in [3.05, 3.63) is 59.9 Å². The molecule has 1 saturated heterocycles. The third kappa shape index (κ3) is 3.94. The van der Waals surface area contributed by atoms with E-state index in [9.17, 15) is 17.6 Å². The molecule has 0 spiro atoms. The minimum atomic E-state index is -3.65. The first-order valence-electron chi connectivity index (χ1n) is 8.57. The molecular formula is C19H21FN2O3S. The van der Waals surface area contributed by atoms with Gasteiger partial charge in [0, 0.05) is 23.8 Å². The van der Waals surface area contributed by atoms with Crippen LogP contribution in [0.4, 0.5) is 10.1 Å². The van der Waals surface area contributed by atoms with E-state index in [-0.39, 0.29) is 16.5 Å². The number of carbonyl (C=O) groups excluding carboxylic acids is 1. The van der Waals surface area contributed by atoms with Crippen LogP contribution in [0.3, 0.4) is 0 Å². The monoisotopic (exact) mass is 376 g/mol. The maximum atomic E-state index is 13.2. The minimum absolute atomic E-state index is 0.0569. The molecule has 7 heteroatoms. The fourth-order valence-electron chi connectivity index (χ4n) is 3.13. The normalized spacial score (nSPS) is 18.5. The molecule has 138 valence electrons. The van der Waals surface area contributed by atoms with E-state index in [0.717, 1.165) is 19.3 Å². The predicted octanol–water partition coefficient (Wildman–Crippen LogP) is 3.64. The highest BCUT2D eigenvalue weighted by molar-refractivity contribution is 7.89. The van der Waals surface area contributed by atoms with Crippen LogP contribution in [-0.2, 0) is 10.0 Å². The van der Waals surface area contributed by atoms with Crippen molar-refractivity contribution in [2.75, 3.05) is 11.9 Å². The molecule has 0 radical (unpaired) electrons. The van der Waals surface area contributed by atoms with Crippen molar-refractivity contribution in [3.63, 3.8) is 0 Å². The summed E-state index contributed by atoms with van der Waals surface area (Å²) >= 11 is 0. The summed E-state index contributed by atoms with van der Waals surface area (Å²) in [6, 6.07) is 11.4. The average Bonchev–Trinajstić information content (AvgIpc) is 2.62. The van der Waals surface area contributed by atoms with Gasteiger partial charge in [-0.15, -0.1) is 0 Å². The lowest BCUT2D eigenvalue weighted by molar-refractivity contribution is 0.102. The van der Waals surface area contributed by atoms with E-state index in [0.29, 0.717) is 12.2 Å². The van der Waals surface area contributed by atoms with Crippen LogP contribution in [0.2, 0.25) is 0 Å². The van der Waals surface area contributed by atoms with Crippen LogP contribution in [0.25, 0.3) is 0 Å². The van der Waals surface area contributed by atoms with Crippen molar-refractivity contribution in [2.24, 2.45) is 0 Å². The molecule has 1 aliphatic heterocycles. The lowest BCUT2D eigenvalue weighted by Gasteiger charge is -2.32. The zero-order valence-electron chi connectivity index (χ0n) is 14.5. The first-order chi connectivity index (χ1) is 12.4. The molecule has 5 nitrogen and oxygen atoms in total. The number of benzene rings is 2. The Kier molecular flexibility index (Phi) is 5.38. The Morgan fingerprint density at radius 3 is 2.65 bits per heavy atom. The van der Waals surface area contributed by atoms with Gasteiger partial charge >= 0.3 is 0 Å². The summed E-state index contributed by atoms with van der Waals surface area (Å²) in [6.45, 7) is 2.39. The molecule has 1 aliphatic rings. The SMILES string of the molecule is CC1CCCCN1S(=O)(=O)c1cccc(C(=O)Nc2cccc(F)c2)c1. The molecule has 1 fully saturated rings. The van der Waals surface area contributed by atoms with E-state index in [1.54, 1.807) is 12.1 Å². The first-order valence-corrected chi connectivity index (χ1v) is 10.0. The maximum absolute atomic E-state index is 13.2. The van der Waals surface area contributed by atoms with Gasteiger partial charge in [-0.3, -0.25) is 4.79 Å². The van der Waals surface area contributed by atoms with Crippen LogP contribution in [0.15, 0.2) is 53.4 Å². The zero-order chi connectivity index (χ0) is 18.7. The predicted molar refractivity (Wildman–Crippen MR) is 98.0 cm³/mol. The first kappa shape index (κ1) is 18.5. The molecule has 1 amide bonds. The Morgan fingerprint density at radius 2 is 1.92 bits per heavy atom. The summed E-state index contributed by atoms with van der Waals surface area (Å²) < 4.78 is 40.6. The number of nitrogens with one attached hydrogen (secondary N) is 1. The molecule has 0 saturated carbocycles. The second-order valence-corrected chi connectivity index (χ2v) is 8.34. The van der Waals surface area contributed by atoms with Crippen molar-refractivity contribution in [3.8, 4) is 0 Å². The fraction of sp³-hybridized carbons (Fsp3) is 0.316. The van der Waals surface area contributed by atoms with E-state index in [2.05, 4.69) is 5.32 Å². The van der Waals surface area contributed by atoms with Gasteiger partial charge in [0.25, 0.3) is 5.91 Å². The Morgan fingerprint density at radius 1 is 1.15 bits per heavy atom. The van der Waals surface area contributed by atoms with Crippen LogP contribution in [0, 0.1) is 5.82 Å². The molecule has 0 bridgehead atoms. The third-order valence-corrected chi connectivity index (χ3v) is 6.54. The van der Waals surface area contributed by atoms with Gasteiger partial charge in [0.15, 0.2) is 0 Å². The summed E-state index contributed by atoms with van der Waals surface area (Å²) in [5.74, 6) is -0.947. The Labute approximate surface area is 152 Å². The van der Waals surface area contributed by atoms with Crippen molar-refractivity contribution >= 4 is 21.6 Å². The summed E-state index contributed by atoms with van der Waals surface area (Å²) in [5, 5.41) is 2.58. The number of hydrogen-bond acceptors (Lipinski definition) is 3. The number of hydrogen-bond donors (Lipinski definition) is 1. The number of nitrogens with zero attached hydrogens (tertiary/aromatic N) is 1. The van der Waals surface area contributed by atoms with Crippen molar-refractivity contribution in [2.45, 2.75) is 37.1 Å². The second-order valence-electron chi connectivity index (χ2n) is 6.45. The van der Waals surface area contributed by atoms with E-state index < -0.39 is 21.7 Å². The van der Waals surface area contributed by atoms with E-state index >= 15 is 0 Å². The van der Waals surface area contributed by atoms with Crippen molar-refractivity contribution in [1.29, 1.82) is 0 Å². The highest BCUT2D eigenvalue weighted by atomic mass is 32.2. The standard InChI is InChI=1S/C19H21FN2O3S/c1-14-6-2-3-11-22(14)26(24,25)18-10-4-7-15(12-18)19(23)21-17-9-5-8-16(20)13-17/h4-5,7-10,12-14H,2-3,6,11H2,1H3,(H,21,23). The average molecular weight is 376 g/mol. The maximum Gasteiger partial charge on any atom is 0.255 e. The lowest BCUT2D eigenvalue weighted by Crippen LogP contribution is -2.41. The van der Waals surface area contributed by atoms with Gasteiger partial charge in [-0.05, 0) is 56.2 Å². The molecule has 1 N–H and O–H groups in total. The second kappa shape index (κ2) is 7.55. The molecule has 1 heterocycles. The molecule has 1 atom stereocenters. The molecule has 2 aromatic carbocycles. The highest BCUT2D eigenvalue weighted by Gasteiger charge is 2.31. The molecule has 2 aromatic rings. The number of amides is 1. The van der Waals surface area contributed by atoms with Gasteiger partial charge in [0.05, 0.1) is 4.90 Å². The molecule has 3 rings (SSSR count). The summed E-state index contributed by atoms with van der Waals surface area (Å²) in [4.78, 5) is 12.5. The lowest BCUT2D eigenvalue weighted by atomic mass is 10.1. The van der Waals surface area contributed by atoms with E-state index in [4.69, 9.17) is 0 Å². The zero-order valence-corrected chi connectivity index (χ0v) is 15.3. The van der Waals surface area contributed by atoms with Crippen LogP contribution in [-0.4, -0.2) is 31.2 Å². The minimum Gasteiger partial charge on any atom is -0.322 e. The van der Waals surface area contributed by atoms with Gasteiger partial charge in [-0.1, -0.05) is 18.6 Å². The number of halogens is 1. The van der Waals surface area contributed by atoms with Gasteiger partial charge in [0.2, 0.25) is 10.0 Å². The van der Waals surface area contributed by atoms with Crippen molar-refractivity contribution < 1.29 is 17.6 Å². The van der Waals surface area contributed by atoms with Gasteiger partial charge in [-0.25, -0.2) is 12.8 Å². The van der Waals surface area contributed by atoms with Crippen LogP contribution in [0.1, 0.15) is 36.5 Å². The van der Waals surface area contributed by atoms with E-state index in [1.807, 2.05) is 6.92 Å². The largest absolute Gasteiger partial charge is 0.322 e. The molecule has 0 aromatic heterocycles. The number of anilines is 1.